The topological polar surface area (TPSA) is 55.0 Å². The molecule has 1 aromatic carbocycles. The van der Waals surface area contributed by atoms with E-state index in [9.17, 15) is 10.1 Å². The highest BCUT2D eigenvalue weighted by Crippen LogP contribution is 2.42. The molecule has 3 aromatic rings. The summed E-state index contributed by atoms with van der Waals surface area (Å²) in [5.74, 6) is -0.371. The summed E-state index contributed by atoms with van der Waals surface area (Å²) >= 11 is 1.75. The molecule has 1 aliphatic carbocycles. The number of rotatable bonds is 5. The molecule has 0 amide bonds. The fourth-order valence-corrected chi connectivity index (χ4v) is 5.53. The minimum absolute atomic E-state index is 0.300. The number of benzene rings is 1. The lowest BCUT2D eigenvalue weighted by Gasteiger charge is -2.29. The van der Waals surface area contributed by atoms with Crippen LogP contribution in [0.1, 0.15) is 60.1 Å². The van der Waals surface area contributed by atoms with Crippen LogP contribution in [0.4, 0.5) is 0 Å². The molecule has 0 fully saturated rings. The van der Waals surface area contributed by atoms with E-state index in [0.717, 1.165) is 11.3 Å². The highest BCUT2D eigenvalue weighted by Gasteiger charge is 2.37. The van der Waals surface area contributed by atoms with Gasteiger partial charge in [-0.2, -0.15) is 5.26 Å². The maximum atomic E-state index is 12.9. The van der Waals surface area contributed by atoms with Crippen molar-refractivity contribution in [3.05, 3.63) is 76.0 Å². The van der Waals surface area contributed by atoms with Gasteiger partial charge in [0, 0.05) is 28.4 Å². The summed E-state index contributed by atoms with van der Waals surface area (Å²) in [5.41, 5.74) is 4.65. The summed E-state index contributed by atoms with van der Waals surface area (Å²) in [4.78, 5) is 12.9. The minimum Gasteiger partial charge on any atom is -0.461 e. The van der Waals surface area contributed by atoms with Crippen LogP contribution in [0.2, 0.25) is 0 Å². The van der Waals surface area contributed by atoms with E-state index in [2.05, 4.69) is 60.9 Å². The number of nitrogens with zero attached hydrogens (tertiary/aromatic N) is 2. The molecular weight excluding hydrogens is 404 g/mol. The molecule has 4 rings (SSSR count). The molecule has 0 saturated heterocycles. The van der Waals surface area contributed by atoms with Gasteiger partial charge in [-0.3, -0.25) is 0 Å². The van der Waals surface area contributed by atoms with E-state index in [-0.39, 0.29) is 5.97 Å². The van der Waals surface area contributed by atoms with Crippen molar-refractivity contribution in [1.29, 1.82) is 5.26 Å². The SMILES string of the molecule is CCOC(=O)c1c(C2(C)C=CC(c3cccc4ccsc34)=CC2)c(C#N)c(CC)n1C. The number of nitriles is 1. The Morgan fingerprint density at radius 2 is 2.13 bits per heavy atom. The van der Waals surface area contributed by atoms with Crippen LogP contribution >= 0.6 is 11.3 Å². The molecule has 2 aromatic heterocycles. The fraction of sp³-hybridized carbons (Fsp3) is 0.308. The molecule has 0 spiro atoms. The van der Waals surface area contributed by atoms with Gasteiger partial charge in [0.15, 0.2) is 0 Å². The number of carbonyl (C=O) groups is 1. The monoisotopic (exact) mass is 430 g/mol. The third-order valence-corrected chi connectivity index (χ3v) is 7.13. The number of hydrogen-bond donors (Lipinski definition) is 0. The Balaban J connectivity index is 1.81. The Morgan fingerprint density at radius 3 is 2.77 bits per heavy atom. The number of esters is 1. The van der Waals surface area contributed by atoms with Gasteiger partial charge in [-0.15, -0.1) is 11.3 Å². The fourth-order valence-electron chi connectivity index (χ4n) is 4.60. The Kier molecular flexibility index (Phi) is 5.60. The van der Waals surface area contributed by atoms with Gasteiger partial charge in [0.25, 0.3) is 0 Å². The second-order valence-corrected chi connectivity index (χ2v) is 8.97. The van der Waals surface area contributed by atoms with Crippen LogP contribution in [0.25, 0.3) is 15.7 Å². The van der Waals surface area contributed by atoms with E-state index in [4.69, 9.17) is 4.74 Å². The summed E-state index contributed by atoms with van der Waals surface area (Å²) < 4.78 is 8.49. The lowest BCUT2D eigenvalue weighted by Crippen LogP contribution is -2.25. The lowest BCUT2D eigenvalue weighted by atomic mass is 9.73. The third kappa shape index (κ3) is 3.41. The molecule has 0 N–H and O–H groups in total. The van der Waals surface area contributed by atoms with Crippen LogP contribution in [0, 0.1) is 11.3 Å². The normalized spacial score (nSPS) is 18.1. The van der Waals surface area contributed by atoms with Gasteiger partial charge in [0.1, 0.15) is 11.8 Å². The zero-order chi connectivity index (χ0) is 22.2. The maximum Gasteiger partial charge on any atom is 0.355 e. The smallest absolute Gasteiger partial charge is 0.355 e. The van der Waals surface area contributed by atoms with Gasteiger partial charge >= 0.3 is 5.97 Å². The van der Waals surface area contributed by atoms with Gasteiger partial charge in [-0.1, -0.05) is 50.3 Å². The van der Waals surface area contributed by atoms with Gasteiger partial charge in [-0.25, -0.2) is 4.79 Å². The van der Waals surface area contributed by atoms with Crippen molar-refractivity contribution in [2.75, 3.05) is 6.61 Å². The Labute approximate surface area is 187 Å². The van der Waals surface area contributed by atoms with Crippen LogP contribution in [-0.4, -0.2) is 17.1 Å². The molecule has 0 aliphatic heterocycles. The largest absolute Gasteiger partial charge is 0.461 e. The summed E-state index contributed by atoms with van der Waals surface area (Å²) in [6, 6.07) is 10.9. The Hall–Kier alpha value is -3.10. The number of allylic oxidation sites excluding steroid dienone is 4. The first-order valence-electron chi connectivity index (χ1n) is 10.6. The zero-order valence-electron chi connectivity index (χ0n) is 18.4. The second-order valence-electron chi connectivity index (χ2n) is 8.05. The van der Waals surface area contributed by atoms with E-state index >= 15 is 0 Å². The Bertz CT molecular complexity index is 1270. The first kappa shape index (κ1) is 21.1. The molecule has 1 atom stereocenters. The molecule has 5 heteroatoms. The zero-order valence-corrected chi connectivity index (χ0v) is 19.2. The van der Waals surface area contributed by atoms with Crippen LogP contribution in [0.15, 0.2) is 47.9 Å². The average Bonchev–Trinajstić information content (AvgIpc) is 3.36. The number of ether oxygens (including phenoxy) is 1. The van der Waals surface area contributed by atoms with Gasteiger partial charge in [0.05, 0.1) is 12.2 Å². The maximum absolute atomic E-state index is 12.9. The number of thiophene rings is 1. The van der Waals surface area contributed by atoms with E-state index in [1.807, 2.05) is 18.5 Å². The van der Waals surface area contributed by atoms with Crippen LogP contribution < -0.4 is 0 Å². The lowest BCUT2D eigenvalue weighted by molar-refractivity contribution is 0.0512. The van der Waals surface area contributed by atoms with Crippen molar-refractivity contribution in [1.82, 2.24) is 4.57 Å². The van der Waals surface area contributed by atoms with Crippen molar-refractivity contribution in [3.8, 4) is 6.07 Å². The molecule has 31 heavy (non-hydrogen) atoms. The standard InChI is InChI=1S/C26H26N2O2S/c1-5-21-20(16-27)22(23(28(21)4)25(29)30-6-2)26(3)13-10-17(11-14-26)19-9-7-8-18-12-15-31-24(18)19/h7-13,15H,5-6,14H2,1-4H3. The van der Waals surface area contributed by atoms with Crippen molar-refractivity contribution in [2.24, 2.45) is 7.05 Å². The molecule has 1 aliphatic rings. The van der Waals surface area contributed by atoms with E-state index < -0.39 is 5.41 Å². The van der Waals surface area contributed by atoms with Crippen LogP contribution in [0.5, 0.6) is 0 Å². The highest BCUT2D eigenvalue weighted by atomic mass is 32.1. The van der Waals surface area contributed by atoms with E-state index in [1.54, 1.807) is 18.3 Å². The molecule has 158 valence electrons. The van der Waals surface area contributed by atoms with E-state index in [0.29, 0.717) is 30.7 Å². The summed E-state index contributed by atoms with van der Waals surface area (Å²) in [5, 5.41) is 13.4. The average molecular weight is 431 g/mol. The van der Waals surface area contributed by atoms with Gasteiger partial charge in [0.2, 0.25) is 0 Å². The Morgan fingerprint density at radius 1 is 1.32 bits per heavy atom. The molecule has 0 bridgehead atoms. The first-order chi connectivity index (χ1) is 14.9. The van der Waals surface area contributed by atoms with Gasteiger partial charge < -0.3 is 9.30 Å². The first-order valence-corrected chi connectivity index (χ1v) is 11.5. The number of carbonyl (C=O) groups excluding carboxylic acids is 1. The predicted octanol–water partition coefficient (Wildman–Crippen LogP) is 6.15. The third-order valence-electron chi connectivity index (χ3n) is 6.17. The molecule has 4 nitrogen and oxygen atoms in total. The van der Waals surface area contributed by atoms with E-state index in [1.165, 1.54) is 21.2 Å². The van der Waals surface area contributed by atoms with Crippen molar-refractivity contribution in [2.45, 2.75) is 39.0 Å². The van der Waals surface area contributed by atoms with Crippen LogP contribution in [-0.2, 0) is 23.6 Å². The number of hydrogen-bond acceptors (Lipinski definition) is 4. The summed E-state index contributed by atoms with van der Waals surface area (Å²) in [6.45, 7) is 6.21. The van der Waals surface area contributed by atoms with Crippen LogP contribution in [0.3, 0.4) is 0 Å². The molecular formula is C26H26N2O2S. The predicted molar refractivity (Wildman–Crippen MR) is 126 cm³/mol. The van der Waals surface area contributed by atoms with Crippen molar-refractivity contribution < 1.29 is 9.53 Å². The molecule has 2 heterocycles. The minimum atomic E-state index is -0.467. The van der Waals surface area contributed by atoms with Gasteiger partial charge in [-0.05, 0) is 47.7 Å². The molecule has 0 saturated carbocycles. The van der Waals surface area contributed by atoms with Crippen molar-refractivity contribution in [3.63, 3.8) is 0 Å². The molecule has 0 radical (unpaired) electrons. The second kappa shape index (κ2) is 8.20. The number of aromatic nitrogens is 1. The quantitative estimate of drug-likeness (QED) is 0.456. The number of fused-ring (bicyclic) bond motifs is 1. The molecule has 1 unspecified atom stereocenters. The highest BCUT2D eigenvalue weighted by molar-refractivity contribution is 7.17. The van der Waals surface area contributed by atoms with Crippen molar-refractivity contribution >= 4 is 33.0 Å². The summed E-state index contributed by atoms with van der Waals surface area (Å²) in [6.07, 6.45) is 7.88. The summed E-state index contributed by atoms with van der Waals surface area (Å²) in [7, 11) is 1.85.